The van der Waals surface area contributed by atoms with Crippen molar-refractivity contribution in [2.75, 3.05) is 6.61 Å². The SMILES string of the molecule is CCOC(=O)CC(CC(C)S(=O)(=O)O)S(=O)(=O)O. The molecule has 0 radical (unpaired) electrons. The van der Waals surface area contributed by atoms with E-state index in [1.54, 1.807) is 0 Å². The second kappa shape index (κ2) is 6.45. The van der Waals surface area contributed by atoms with Crippen LogP contribution in [0.2, 0.25) is 0 Å². The standard InChI is InChI=1S/C8H16O8S2/c1-3-16-8(9)5-7(18(13,14)15)4-6(2)17(10,11)12/h6-7H,3-5H2,1-2H3,(H,10,11,12)(H,13,14,15). The van der Waals surface area contributed by atoms with Crippen LogP contribution in [0.5, 0.6) is 0 Å². The highest BCUT2D eigenvalue weighted by molar-refractivity contribution is 7.87. The van der Waals surface area contributed by atoms with Crippen molar-refractivity contribution in [3.63, 3.8) is 0 Å². The molecule has 0 aliphatic heterocycles. The molecule has 0 aromatic carbocycles. The highest BCUT2D eigenvalue weighted by Crippen LogP contribution is 2.16. The van der Waals surface area contributed by atoms with E-state index in [2.05, 4.69) is 4.74 Å². The lowest BCUT2D eigenvalue weighted by atomic mass is 10.2. The summed E-state index contributed by atoms with van der Waals surface area (Å²) in [6.45, 7) is 2.62. The molecule has 0 bridgehead atoms. The maximum Gasteiger partial charge on any atom is 0.307 e. The largest absolute Gasteiger partial charge is 0.466 e. The van der Waals surface area contributed by atoms with Crippen molar-refractivity contribution in [2.45, 2.75) is 37.2 Å². The normalized spacial score (nSPS) is 16.0. The van der Waals surface area contributed by atoms with Crippen molar-refractivity contribution < 1.29 is 35.5 Å². The third-order valence-electron chi connectivity index (χ3n) is 2.22. The minimum absolute atomic E-state index is 0.0326. The quantitative estimate of drug-likeness (QED) is 0.490. The molecule has 0 aliphatic carbocycles. The van der Waals surface area contributed by atoms with Crippen molar-refractivity contribution in [3.05, 3.63) is 0 Å². The third-order valence-corrected chi connectivity index (χ3v) is 4.64. The molecule has 0 saturated heterocycles. The van der Waals surface area contributed by atoms with Gasteiger partial charge in [-0.1, -0.05) is 0 Å². The number of ether oxygens (including phenoxy) is 1. The Hall–Kier alpha value is -0.710. The number of esters is 1. The fraction of sp³-hybridized carbons (Fsp3) is 0.875. The van der Waals surface area contributed by atoms with Crippen molar-refractivity contribution in [1.82, 2.24) is 0 Å². The average molecular weight is 304 g/mol. The van der Waals surface area contributed by atoms with Crippen LogP contribution >= 0.6 is 0 Å². The summed E-state index contributed by atoms with van der Waals surface area (Å²) in [7, 11) is -9.04. The van der Waals surface area contributed by atoms with Gasteiger partial charge < -0.3 is 4.74 Å². The van der Waals surface area contributed by atoms with Gasteiger partial charge in [-0.2, -0.15) is 16.8 Å². The first kappa shape index (κ1) is 17.3. The van der Waals surface area contributed by atoms with Gasteiger partial charge in [-0.05, 0) is 20.3 Å². The Balaban J connectivity index is 4.89. The Morgan fingerprint density at radius 1 is 1.17 bits per heavy atom. The zero-order chi connectivity index (χ0) is 14.6. The molecule has 108 valence electrons. The molecule has 0 rings (SSSR count). The van der Waals surface area contributed by atoms with Crippen molar-refractivity contribution >= 4 is 26.2 Å². The molecular weight excluding hydrogens is 288 g/mol. The molecule has 2 N–H and O–H groups in total. The van der Waals surface area contributed by atoms with Gasteiger partial charge in [-0.3, -0.25) is 13.9 Å². The summed E-state index contributed by atoms with van der Waals surface area (Å²) in [4.78, 5) is 11.1. The van der Waals surface area contributed by atoms with Gasteiger partial charge in [0, 0.05) is 0 Å². The minimum atomic E-state index is -4.61. The molecule has 0 saturated carbocycles. The summed E-state index contributed by atoms with van der Waals surface area (Å²) >= 11 is 0. The zero-order valence-electron chi connectivity index (χ0n) is 9.94. The van der Waals surface area contributed by atoms with E-state index < -0.39 is 49.5 Å². The van der Waals surface area contributed by atoms with Gasteiger partial charge in [0.25, 0.3) is 20.2 Å². The second-order valence-corrected chi connectivity index (χ2v) is 7.24. The molecule has 10 heteroatoms. The van der Waals surface area contributed by atoms with E-state index in [1.165, 1.54) is 6.92 Å². The summed E-state index contributed by atoms with van der Waals surface area (Å²) in [5.74, 6) is -0.873. The monoisotopic (exact) mass is 304 g/mol. The first-order valence-electron chi connectivity index (χ1n) is 5.06. The molecule has 0 spiro atoms. The van der Waals surface area contributed by atoms with Gasteiger partial charge in [-0.15, -0.1) is 0 Å². The minimum Gasteiger partial charge on any atom is -0.466 e. The molecule has 0 aliphatic rings. The number of carbonyl (C=O) groups is 1. The first-order chi connectivity index (χ1) is 7.98. The van der Waals surface area contributed by atoms with Gasteiger partial charge in [-0.25, -0.2) is 0 Å². The lowest BCUT2D eigenvalue weighted by Gasteiger charge is -2.16. The third kappa shape index (κ3) is 6.28. The molecule has 0 heterocycles. The number of carbonyl (C=O) groups excluding carboxylic acids is 1. The highest BCUT2D eigenvalue weighted by atomic mass is 32.2. The van der Waals surface area contributed by atoms with Gasteiger partial charge in [0.1, 0.15) is 0 Å². The molecule has 2 unspecified atom stereocenters. The van der Waals surface area contributed by atoms with Crippen LogP contribution in [0.3, 0.4) is 0 Å². The average Bonchev–Trinajstić information content (AvgIpc) is 2.13. The van der Waals surface area contributed by atoms with Crippen LogP contribution in [0, 0.1) is 0 Å². The summed E-state index contributed by atoms with van der Waals surface area (Å²) in [6, 6.07) is 0. The lowest BCUT2D eigenvalue weighted by Crippen LogP contribution is -2.31. The van der Waals surface area contributed by atoms with Crippen LogP contribution in [0.1, 0.15) is 26.7 Å². The van der Waals surface area contributed by atoms with E-state index in [4.69, 9.17) is 9.11 Å². The van der Waals surface area contributed by atoms with Gasteiger partial charge in [0.2, 0.25) is 0 Å². The predicted octanol–water partition coefficient (Wildman–Crippen LogP) is -0.138. The van der Waals surface area contributed by atoms with E-state index in [0.29, 0.717) is 0 Å². The van der Waals surface area contributed by atoms with E-state index in [0.717, 1.165) is 6.92 Å². The Labute approximate surface area is 106 Å². The molecular formula is C8H16O8S2. The Bertz CT molecular complexity index is 477. The molecule has 0 fully saturated rings. The smallest absolute Gasteiger partial charge is 0.307 e. The molecule has 0 amide bonds. The topological polar surface area (TPSA) is 135 Å². The highest BCUT2D eigenvalue weighted by Gasteiger charge is 2.32. The Kier molecular flexibility index (Phi) is 6.20. The van der Waals surface area contributed by atoms with E-state index in [1.807, 2.05) is 0 Å². The number of rotatable bonds is 7. The van der Waals surface area contributed by atoms with Crippen molar-refractivity contribution in [1.29, 1.82) is 0 Å². The number of hydrogen-bond donors (Lipinski definition) is 2. The zero-order valence-corrected chi connectivity index (χ0v) is 11.6. The van der Waals surface area contributed by atoms with E-state index in [9.17, 15) is 21.6 Å². The van der Waals surface area contributed by atoms with Crippen LogP contribution in [-0.2, 0) is 29.8 Å². The fourth-order valence-corrected chi connectivity index (χ4v) is 2.68. The number of hydrogen-bond acceptors (Lipinski definition) is 6. The molecule has 2 atom stereocenters. The van der Waals surface area contributed by atoms with Gasteiger partial charge in [0.05, 0.1) is 23.5 Å². The second-order valence-electron chi connectivity index (χ2n) is 3.71. The lowest BCUT2D eigenvalue weighted by molar-refractivity contribution is -0.143. The first-order valence-corrected chi connectivity index (χ1v) is 8.07. The van der Waals surface area contributed by atoms with Crippen LogP contribution in [-0.4, -0.2) is 49.0 Å². The fourth-order valence-electron chi connectivity index (χ4n) is 1.21. The summed E-state index contributed by atoms with van der Waals surface area (Å²) in [5, 5.41) is -3.05. The molecule has 18 heavy (non-hydrogen) atoms. The van der Waals surface area contributed by atoms with Crippen LogP contribution < -0.4 is 0 Å². The Morgan fingerprint density at radius 2 is 1.67 bits per heavy atom. The van der Waals surface area contributed by atoms with Gasteiger partial charge >= 0.3 is 5.97 Å². The van der Waals surface area contributed by atoms with Crippen LogP contribution in [0.25, 0.3) is 0 Å². The Morgan fingerprint density at radius 3 is 2.00 bits per heavy atom. The predicted molar refractivity (Wildman–Crippen MR) is 62.2 cm³/mol. The summed E-state index contributed by atoms with van der Waals surface area (Å²) < 4.78 is 65.7. The van der Waals surface area contributed by atoms with E-state index in [-0.39, 0.29) is 6.61 Å². The van der Waals surface area contributed by atoms with Crippen molar-refractivity contribution in [2.24, 2.45) is 0 Å². The summed E-state index contributed by atoms with van der Waals surface area (Å²) in [6.07, 6.45) is -1.27. The maximum absolute atomic E-state index is 11.1. The summed E-state index contributed by atoms with van der Waals surface area (Å²) in [5.41, 5.74) is 0. The maximum atomic E-state index is 11.1. The van der Waals surface area contributed by atoms with E-state index >= 15 is 0 Å². The van der Waals surface area contributed by atoms with Gasteiger partial charge in [0.15, 0.2) is 0 Å². The van der Waals surface area contributed by atoms with Crippen LogP contribution in [0.15, 0.2) is 0 Å². The molecule has 0 aromatic heterocycles. The molecule has 8 nitrogen and oxygen atoms in total. The van der Waals surface area contributed by atoms with Crippen LogP contribution in [0.4, 0.5) is 0 Å². The van der Waals surface area contributed by atoms with Crippen molar-refractivity contribution in [3.8, 4) is 0 Å². The molecule has 0 aromatic rings.